The number of nitrogen functional groups attached to an aromatic ring is 1. The molecule has 0 saturated heterocycles. The number of aromatic amines is 1. The number of nitrogens with one attached hydrogen (secondary N) is 1. The molecular formula is C21H27N5O5. The van der Waals surface area contributed by atoms with Gasteiger partial charge in [0.2, 0.25) is 5.76 Å². The third kappa shape index (κ3) is 4.79. The standard InChI is InChI=1S/C21H27N5O5/c1-4-5-9-26-18(22)17(19(27)23-21(26)29)25(10-8-13(2)3)20(28)14-12-16(31-24-14)15-7-6-11-30-15/h6-7,11-13H,4-5,8-10,22H2,1-3H3,(H,23,27,29). The van der Waals surface area contributed by atoms with Gasteiger partial charge in [0, 0.05) is 19.2 Å². The van der Waals surface area contributed by atoms with Crippen molar-refractivity contribution in [3.63, 3.8) is 0 Å². The fourth-order valence-corrected chi connectivity index (χ4v) is 3.13. The second kappa shape index (κ2) is 9.50. The van der Waals surface area contributed by atoms with Crippen LogP contribution < -0.4 is 21.9 Å². The summed E-state index contributed by atoms with van der Waals surface area (Å²) in [6.07, 6.45) is 3.63. The van der Waals surface area contributed by atoms with Crippen molar-refractivity contribution in [2.24, 2.45) is 5.92 Å². The van der Waals surface area contributed by atoms with Crippen LogP contribution in [0.2, 0.25) is 0 Å². The Labute approximate surface area is 178 Å². The van der Waals surface area contributed by atoms with Crippen LogP contribution in [-0.2, 0) is 6.54 Å². The number of hydrogen-bond acceptors (Lipinski definition) is 7. The molecule has 0 aromatic carbocycles. The van der Waals surface area contributed by atoms with E-state index in [9.17, 15) is 14.4 Å². The van der Waals surface area contributed by atoms with E-state index in [2.05, 4.69) is 10.1 Å². The minimum Gasteiger partial charge on any atom is -0.461 e. The number of hydrogen-bond donors (Lipinski definition) is 2. The summed E-state index contributed by atoms with van der Waals surface area (Å²) in [5.41, 5.74) is 4.84. The van der Waals surface area contributed by atoms with Gasteiger partial charge < -0.3 is 14.7 Å². The number of furan rings is 1. The zero-order valence-corrected chi connectivity index (χ0v) is 17.9. The number of nitrogens with two attached hydrogens (primary N) is 1. The summed E-state index contributed by atoms with van der Waals surface area (Å²) < 4.78 is 11.8. The van der Waals surface area contributed by atoms with Crippen molar-refractivity contribution in [1.29, 1.82) is 0 Å². The number of carbonyl (C=O) groups excluding carboxylic acids is 1. The summed E-state index contributed by atoms with van der Waals surface area (Å²) in [4.78, 5) is 41.8. The van der Waals surface area contributed by atoms with Crippen LogP contribution in [0.1, 0.15) is 50.5 Å². The van der Waals surface area contributed by atoms with Gasteiger partial charge in [-0.25, -0.2) is 4.79 Å². The van der Waals surface area contributed by atoms with E-state index in [1.165, 1.54) is 21.8 Å². The lowest BCUT2D eigenvalue weighted by Gasteiger charge is -2.24. The molecule has 0 atom stereocenters. The number of H-pyrrole nitrogens is 1. The van der Waals surface area contributed by atoms with E-state index in [-0.39, 0.29) is 35.4 Å². The fourth-order valence-electron chi connectivity index (χ4n) is 3.13. The summed E-state index contributed by atoms with van der Waals surface area (Å²) in [7, 11) is 0. The Morgan fingerprint density at radius 3 is 2.74 bits per heavy atom. The van der Waals surface area contributed by atoms with Gasteiger partial charge in [0.25, 0.3) is 11.5 Å². The lowest BCUT2D eigenvalue weighted by atomic mass is 10.1. The summed E-state index contributed by atoms with van der Waals surface area (Å²) in [6.45, 7) is 6.54. The monoisotopic (exact) mass is 429 g/mol. The van der Waals surface area contributed by atoms with E-state index in [0.29, 0.717) is 25.1 Å². The van der Waals surface area contributed by atoms with E-state index in [1.54, 1.807) is 12.1 Å². The second-order valence-corrected chi connectivity index (χ2v) is 7.69. The zero-order valence-electron chi connectivity index (χ0n) is 17.9. The van der Waals surface area contributed by atoms with Crippen LogP contribution in [0.4, 0.5) is 11.5 Å². The molecule has 3 rings (SSSR count). The predicted molar refractivity (Wildman–Crippen MR) is 116 cm³/mol. The fraction of sp³-hybridized carbons (Fsp3) is 0.429. The quantitative estimate of drug-likeness (QED) is 0.533. The average molecular weight is 429 g/mol. The Morgan fingerprint density at radius 1 is 1.32 bits per heavy atom. The lowest BCUT2D eigenvalue weighted by molar-refractivity contribution is 0.0976. The molecule has 0 spiro atoms. The molecule has 0 aliphatic carbocycles. The van der Waals surface area contributed by atoms with Crippen molar-refractivity contribution in [2.75, 3.05) is 17.2 Å². The van der Waals surface area contributed by atoms with Gasteiger partial charge in [0.15, 0.2) is 17.1 Å². The van der Waals surface area contributed by atoms with Crippen LogP contribution in [0.3, 0.4) is 0 Å². The molecule has 0 bridgehead atoms. The maximum atomic E-state index is 13.3. The Balaban J connectivity index is 2.04. The van der Waals surface area contributed by atoms with E-state index in [1.807, 2.05) is 20.8 Å². The molecule has 10 heteroatoms. The number of carbonyl (C=O) groups is 1. The van der Waals surface area contributed by atoms with Crippen LogP contribution in [0.15, 0.2) is 43.0 Å². The van der Waals surface area contributed by atoms with E-state index in [4.69, 9.17) is 14.7 Å². The normalized spacial score (nSPS) is 11.2. The highest BCUT2D eigenvalue weighted by Crippen LogP contribution is 2.24. The molecule has 3 N–H and O–H groups in total. The topological polar surface area (TPSA) is 140 Å². The van der Waals surface area contributed by atoms with Crippen LogP contribution in [0.5, 0.6) is 0 Å². The molecule has 0 aliphatic rings. The van der Waals surface area contributed by atoms with Crippen molar-refractivity contribution in [1.82, 2.24) is 14.7 Å². The number of aromatic nitrogens is 3. The van der Waals surface area contributed by atoms with Gasteiger partial charge in [-0.3, -0.25) is 24.0 Å². The Hall–Kier alpha value is -3.56. The molecule has 3 heterocycles. The Bertz CT molecular complexity index is 1140. The van der Waals surface area contributed by atoms with Crippen molar-refractivity contribution in [3.8, 4) is 11.5 Å². The third-order valence-corrected chi connectivity index (χ3v) is 4.89. The van der Waals surface area contributed by atoms with Crippen LogP contribution in [0.25, 0.3) is 11.5 Å². The summed E-state index contributed by atoms with van der Waals surface area (Å²) in [5.74, 6) is 0.365. The second-order valence-electron chi connectivity index (χ2n) is 7.69. The number of nitrogens with zero attached hydrogens (tertiary/aromatic N) is 3. The van der Waals surface area contributed by atoms with Crippen LogP contribution in [0, 0.1) is 5.92 Å². The Morgan fingerprint density at radius 2 is 2.10 bits per heavy atom. The Kier molecular flexibility index (Phi) is 6.78. The van der Waals surface area contributed by atoms with Gasteiger partial charge in [-0.15, -0.1) is 0 Å². The number of rotatable bonds is 9. The number of unbranched alkanes of at least 4 members (excludes halogenated alkanes) is 1. The molecule has 31 heavy (non-hydrogen) atoms. The van der Waals surface area contributed by atoms with Crippen molar-refractivity contribution in [2.45, 2.75) is 46.6 Å². The first-order valence-electron chi connectivity index (χ1n) is 10.3. The maximum absolute atomic E-state index is 13.3. The highest BCUT2D eigenvalue weighted by Gasteiger charge is 2.28. The SMILES string of the molecule is CCCCn1c(N)c(N(CCC(C)C)C(=O)c2cc(-c3ccco3)on2)c(=O)[nH]c1=O. The molecule has 1 amide bonds. The van der Waals surface area contributed by atoms with E-state index in [0.717, 1.165) is 6.42 Å². The van der Waals surface area contributed by atoms with Crippen molar-refractivity contribution in [3.05, 3.63) is 51.0 Å². The van der Waals surface area contributed by atoms with Gasteiger partial charge in [-0.05, 0) is 30.9 Å². The molecule has 10 nitrogen and oxygen atoms in total. The summed E-state index contributed by atoms with van der Waals surface area (Å²) in [5, 5.41) is 3.85. The highest BCUT2D eigenvalue weighted by atomic mass is 16.5. The van der Waals surface area contributed by atoms with Crippen LogP contribution in [-0.4, -0.2) is 27.2 Å². The van der Waals surface area contributed by atoms with Gasteiger partial charge >= 0.3 is 5.69 Å². The zero-order chi connectivity index (χ0) is 22.5. The van der Waals surface area contributed by atoms with Gasteiger partial charge in [-0.2, -0.15) is 0 Å². The summed E-state index contributed by atoms with van der Waals surface area (Å²) >= 11 is 0. The van der Waals surface area contributed by atoms with Crippen molar-refractivity contribution >= 4 is 17.4 Å². The van der Waals surface area contributed by atoms with Gasteiger partial charge in [0.05, 0.1) is 6.26 Å². The molecular weight excluding hydrogens is 402 g/mol. The molecule has 0 aliphatic heterocycles. The average Bonchev–Trinajstić information content (AvgIpc) is 3.41. The lowest BCUT2D eigenvalue weighted by Crippen LogP contribution is -2.42. The molecule has 0 saturated carbocycles. The molecule has 3 aromatic heterocycles. The first kappa shape index (κ1) is 22.1. The van der Waals surface area contributed by atoms with Gasteiger partial charge in [0.1, 0.15) is 5.82 Å². The van der Waals surface area contributed by atoms with Crippen LogP contribution >= 0.6 is 0 Å². The minimum atomic E-state index is -0.720. The van der Waals surface area contributed by atoms with Gasteiger partial charge in [-0.1, -0.05) is 32.3 Å². The molecule has 166 valence electrons. The molecule has 0 radical (unpaired) electrons. The summed E-state index contributed by atoms with van der Waals surface area (Å²) in [6, 6.07) is 4.81. The first-order chi connectivity index (χ1) is 14.8. The van der Waals surface area contributed by atoms with E-state index < -0.39 is 17.2 Å². The third-order valence-electron chi connectivity index (χ3n) is 4.89. The largest absolute Gasteiger partial charge is 0.461 e. The molecule has 0 unspecified atom stereocenters. The smallest absolute Gasteiger partial charge is 0.330 e. The van der Waals surface area contributed by atoms with Crippen molar-refractivity contribution < 1.29 is 13.7 Å². The number of anilines is 2. The van der Waals surface area contributed by atoms with E-state index >= 15 is 0 Å². The minimum absolute atomic E-state index is 0.000245. The first-order valence-corrected chi connectivity index (χ1v) is 10.3. The molecule has 3 aromatic rings. The number of amides is 1. The highest BCUT2D eigenvalue weighted by molar-refractivity contribution is 6.06. The molecule has 0 fully saturated rings. The predicted octanol–water partition coefficient (Wildman–Crippen LogP) is 2.86. The maximum Gasteiger partial charge on any atom is 0.330 e.